The zero-order chi connectivity index (χ0) is 16.9. The van der Waals surface area contributed by atoms with Gasteiger partial charge in [-0.15, -0.1) is 22.7 Å². The van der Waals surface area contributed by atoms with Crippen LogP contribution in [0.2, 0.25) is 0 Å². The Bertz CT molecular complexity index is 778. The molecule has 0 saturated heterocycles. The maximum absolute atomic E-state index is 2.44. The van der Waals surface area contributed by atoms with Gasteiger partial charge in [-0.3, -0.25) is 0 Å². The van der Waals surface area contributed by atoms with E-state index in [0.29, 0.717) is 0 Å². The molecule has 0 radical (unpaired) electrons. The molecule has 0 aliphatic rings. The van der Waals surface area contributed by atoms with Crippen molar-refractivity contribution in [3.05, 3.63) is 57.8 Å². The molecule has 126 valence electrons. The van der Waals surface area contributed by atoms with Gasteiger partial charge in [0, 0.05) is 19.5 Å². The van der Waals surface area contributed by atoms with E-state index in [0.717, 1.165) is 0 Å². The normalized spacial score (nSPS) is 11.1. The number of thiophene rings is 2. The molecule has 3 aromatic rings. The second-order valence-corrected chi connectivity index (χ2v) is 8.96. The van der Waals surface area contributed by atoms with E-state index >= 15 is 0 Å². The molecule has 0 saturated carbocycles. The third-order valence-corrected chi connectivity index (χ3v) is 6.90. The second kappa shape index (κ2) is 8.13. The summed E-state index contributed by atoms with van der Waals surface area (Å²) in [6.45, 7) is 6.79. The first-order valence-corrected chi connectivity index (χ1v) is 10.6. The lowest BCUT2D eigenvalue weighted by atomic mass is 10.1. The van der Waals surface area contributed by atoms with E-state index in [2.05, 4.69) is 63.2 Å². The Morgan fingerprint density at radius 3 is 2.25 bits per heavy atom. The smallest absolute Gasteiger partial charge is 0.0451 e. The van der Waals surface area contributed by atoms with Gasteiger partial charge in [-0.25, -0.2) is 0 Å². The Kier molecular flexibility index (Phi) is 5.91. The number of unbranched alkanes of at least 4 members (excludes halogenated alkanes) is 3. The van der Waals surface area contributed by atoms with Crippen LogP contribution in [0.15, 0.2) is 42.5 Å². The predicted molar refractivity (Wildman–Crippen MR) is 110 cm³/mol. The Balaban J connectivity index is 1.80. The largest absolute Gasteiger partial charge is 0.139 e. The number of aryl methyl sites for hydroxylation is 3. The standard InChI is InChI=1S/C22H26S2/c1-4-5-6-8-13-19-14-21(23-16(19)2)22-15-20(17(3)24-22)18-11-9-7-10-12-18/h7,9-12,14-15H,4-6,8,13H2,1-3H3. The summed E-state index contributed by atoms with van der Waals surface area (Å²) in [5.41, 5.74) is 4.26. The molecule has 0 amide bonds. The minimum atomic E-state index is 1.23. The van der Waals surface area contributed by atoms with Crippen molar-refractivity contribution >= 4 is 22.7 Å². The van der Waals surface area contributed by atoms with Gasteiger partial charge in [0.15, 0.2) is 0 Å². The highest BCUT2D eigenvalue weighted by Crippen LogP contribution is 2.40. The molecule has 0 aliphatic carbocycles. The molecular formula is C22H26S2. The highest BCUT2D eigenvalue weighted by atomic mass is 32.1. The average Bonchev–Trinajstić information content (AvgIpc) is 3.16. The number of rotatable bonds is 7. The Labute approximate surface area is 154 Å². The maximum Gasteiger partial charge on any atom is 0.0451 e. The van der Waals surface area contributed by atoms with Crippen LogP contribution in [0.25, 0.3) is 20.9 Å². The van der Waals surface area contributed by atoms with Crippen LogP contribution in [0.5, 0.6) is 0 Å². The van der Waals surface area contributed by atoms with E-state index in [9.17, 15) is 0 Å². The van der Waals surface area contributed by atoms with Crippen LogP contribution in [0.3, 0.4) is 0 Å². The minimum absolute atomic E-state index is 1.23. The highest BCUT2D eigenvalue weighted by molar-refractivity contribution is 7.22. The van der Waals surface area contributed by atoms with Crippen LogP contribution < -0.4 is 0 Å². The molecule has 2 heterocycles. The molecule has 3 rings (SSSR count). The molecule has 0 unspecified atom stereocenters. The van der Waals surface area contributed by atoms with Crippen LogP contribution in [0.1, 0.15) is 47.9 Å². The van der Waals surface area contributed by atoms with Crippen LogP contribution in [0.4, 0.5) is 0 Å². The van der Waals surface area contributed by atoms with Gasteiger partial charge in [-0.2, -0.15) is 0 Å². The van der Waals surface area contributed by atoms with Gasteiger partial charge in [0.05, 0.1) is 0 Å². The molecule has 2 aromatic heterocycles. The van der Waals surface area contributed by atoms with E-state index in [4.69, 9.17) is 0 Å². The molecule has 0 aliphatic heterocycles. The fraction of sp³-hybridized carbons (Fsp3) is 0.364. The van der Waals surface area contributed by atoms with Crippen LogP contribution in [-0.2, 0) is 6.42 Å². The van der Waals surface area contributed by atoms with Crippen molar-refractivity contribution in [1.29, 1.82) is 0 Å². The third-order valence-electron chi connectivity index (χ3n) is 4.57. The first-order valence-electron chi connectivity index (χ1n) is 8.94. The summed E-state index contributed by atoms with van der Waals surface area (Å²) >= 11 is 3.89. The zero-order valence-corrected chi connectivity index (χ0v) is 16.5. The van der Waals surface area contributed by atoms with E-state index in [-0.39, 0.29) is 0 Å². The maximum atomic E-state index is 2.44. The van der Waals surface area contributed by atoms with Crippen LogP contribution in [-0.4, -0.2) is 0 Å². The SMILES string of the molecule is CCCCCCc1cc(-c2cc(-c3ccccc3)c(C)s2)sc1C. The average molecular weight is 355 g/mol. The van der Waals surface area contributed by atoms with Gasteiger partial charge in [0.25, 0.3) is 0 Å². The van der Waals surface area contributed by atoms with Crippen molar-refractivity contribution in [2.24, 2.45) is 0 Å². The Morgan fingerprint density at radius 1 is 0.792 bits per heavy atom. The number of benzene rings is 1. The summed E-state index contributed by atoms with van der Waals surface area (Å²) in [6, 6.07) is 15.5. The lowest BCUT2D eigenvalue weighted by molar-refractivity contribution is 0.666. The van der Waals surface area contributed by atoms with E-state index in [1.54, 1.807) is 5.56 Å². The topological polar surface area (TPSA) is 0 Å². The molecular weight excluding hydrogens is 328 g/mol. The van der Waals surface area contributed by atoms with Gasteiger partial charge >= 0.3 is 0 Å². The van der Waals surface area contributed by atoms with Crippen molar-refractivity contribution in [3.63, 3.8) is 0 Å². The first kappa shape index (κ1) is 17.4. The fourth-order valence-electron chi connectivity index (χ4n) is 3.14. The molecule has 2 heteroatoms. The van der Waals surface area contributed by atoms with Gasteiger partial charge in [0.2, 0.25) is 0 Å². The fourth-order valence-corrected chi connectivity index (χ4v) is 5.33. The third kappa shape index (κ3) is 3.99. The van der Waals surface area contributed by atoms with Crippen molar-refractivity contribution in [2.45, 2.75) is 52.9 Å². The lowest BCUT2D eigenvalue weighted by Gasteiger charge is -1.99. The summed E-state index contributed by atoms with van der Waals surface area (Å²) in [5, 5.41) is 0. The van der Waals surface area contributed by atoms with Gasteiger partial charge < -0.3 is 0 Å². The molecule has 0 nitrogen and oxygen atoms in total. The summed E-state index contributed by atoms with van der Waals surface area (Å²) in [4.78, 5) is 5.76. The molecule has 24 heavy (non-hydrogen) atoms. The molecule has 0 spiro atoms. The van der Waals surface area contributed by atoms with Gasteiger partial charge in [0.1, 0.15) is 0 Å². The van der Waals surface area contributed by atoms with Crippen molar-refractivity contribution < 1.29 is 0 Å². The Morgan fingerprint density at radius 2 is 1.50 bits per heavy atom. The second-order valence-electron chi connectivity index (χ2n) is 6.45. The van der Waals surface area contributed by atoms with E-state index < -0.39 is 0 Å². The lowest BCUT2D eigenvalue weighted by Crippen LogP contribution is -1.84. The summed E-state index contributed by atoms with van der Waals surface area (Å²) in [7, 11) is 0. The van der Waals surface area contributed by atoms with Crippen molar-refractivity contribution in [2.75, 3.05) is 0 Å². The minimum Gasteiger partial charge on any atom is -0.139 e. The predicted octanol–water partition coefficient (Wildman–Crippen LogP) is 7.88. The van der Waals surface area contributed by atoms with Crippen molar-refractivity contribution in [1.82, 2.24) is 0 Å². The quantitative estimate of drug-likeness (QED) is 0.378. The van der Waals surface area contributed by atoms with E-state index in [1.807, 2.05) is 22.7 Å². The van der Waals surface area contributed by atoms with E-state index in [1.165, 1.54) is 62.7 Å². The van der Waals surface area contributed by atoms with Crippen LogP contribution >= 0.6 is 22.7 Å². The molecule has 0 bridgehead atoms. The summed E-state index contributed by atoms with van der Waals surface area (Å²) in [6.07, 6.45) is 6.59. The van der Waals surface area contributed by atoms with Crippen LogP contribution in [0, 0.1) is 13.8 Å². The van der Waals surface area contributed by atoms with Crippen molar-refractivity contribution in [3.8, 4) is 20.9 Å². The first-order chi connectivity index (χ1) is 11.7. The monoisotopic (exact) mass is 354 g/mol. The molecule has 0 atom stereocenters. The summed E-state index contributed by atoms with van der Waals surface area (Å²) in [5.74, 6) is 0. The number of hydrogen-bond donors (Lipinski definition) is 0. The molecule has 1 aromatic carbocycles. The Hall–Kier alpha value is -1.38. The molecule has 0 fully saturated rings. The number of hydrogen-bond acceptors (Lipinski definition) is 2. The summed E-state index contributed by atoms with van der Waals surface area (Å²) < 4.78 is 0. The van der Waals surface area contributed by atoms with Gasteiger partial charge in [-0.05, 0) is 55.5 Å². The highest BCUT2D eigenvalue weighted by Gasteiger charge is 2.13. The van der Waals surface area contributed by atoms with Gasteiger partial charge in [-0.1, -0.05) is 56.5 Å². The zero-order valence-electron chi connectivity index (χ0n) is 14.9. The molecule has 0 N–H and O–H groups in total.